The van der Waals surface area contributed by atoms with E-state index in [1.54, 1.807) is 0 Å². The molecule has 2 aromatic carbocycles. The van der Waals surface area contributed by atoms with Crippen molar-refractivity contribution >= 4 is 23.4 Å². The van der Waals surface area contributed by atoms with Crippen LogP contribution in [0.25, 0.3) is 0 Å². The van der Waals surface area contributed by atoms with Crippen molar-refractivity contribution in [2.45, 2.75) is 100.0 Å². The lowest BCUT2D eigenvalue weighted by atomic mass is 10.0. The lowest BCUT2D eigenvalue weighted by molar-refractivity contribution is 0.0596. The van der Waals surface area contributed by atoms with E-state index in [0.717, 1.165) is 49.3 Å². The van der Waals surface area contributed by atoms with E-state index in [4.69, 9.17) is 16.3 Å². The number of aliphatic hydroxyl groups excluding tert-OH is 1. The Bertz CT molecular complexity index is 895. The van der Waals surface area contributed by atoms with Gasteiger partial charge in [-0.05, 0) is 86.8 Å². The van der Waals surface area contributed by atoms with Crippen molar-refractivity contribution in [1.82, 2.24) is 4.90 Å². The van der Waals surface area contributed by atoms with Crippen molar-refractivity contribution < 1.29 is 9.84 Å². The Labute approximate surface area is 208 Å². The Kier molecular flexibility index (Phi) is 8.67. The molecule has 5 heteroatoms. The lowest BCUT2D eigenvalue weighted by Gasteiger charge is -2.28. The molecule has 0 aliphatic carbocycles. The summed E-state index contributed by atoms with van der Waals surface area (Å²) < 4.78 is 6.58. The molecule has 0 spiro atoms. The summed E-state index contributed by atoms with van der Waals surface area (Å²) in [6.07, 6.45) is 11.3. The van der Waals surface area contributed by atoms with Crippen LogP contribution >= 0.6 is 23.4 Å². The van der Waals surface area contributed by atoms with Crippen molar-refractivity contribution in [3.63, 3.8) is 0 Å². The maximum Gasteiger partial charge on any atom is 0.159 e. The second-order valence-corrected chi connectivity index (χ2v) is 11.4. The van der Waals surface area contributed by atoms with Gasteiger partial charge < -0.3 is 9.84 Å². The van der Waals surface area contributed by atoms with Gasteiger partial charge in [0.25, 0.3) is 0 Å². The molecule has 2 heterocycles. The molecule has 1 fully saturated rings. The molecule has 1 saturated heterocycles. The van der Waals surface area contributed by atoms with E-state index in [1.807, 2.05) is 23.9 Å². The molecule has 2 unspecified atom stereocenters. The fourth-order valence-electron chi connectivity index (χ4n) is 5.34. The molecule has 180 valence electrons. The summed E-state index contributed by atoms with van der Waals surface area (Å²) in [5, 5.41) is 11.0. The summed E-state index contributed by atoms with van der Waals surface area (Å²) in [5.74, 6) is 1.05. The molecule has 2 atom stereocenters. The second kappa shape index (κ2) is 11.5. The van der Waals surface area contributed by atoms with Crippen LogP contribution in [0.5, 0.6) is 5.75 Å². The number of rotatable bonds is 11. The largest absolute Gasteiger partial charge is 0.475 e. The van der Waals surface area contributed by atoms with E-state index >= 15 is 0 Å². The molecule has 0 amide bonds. The summed E-state index contributed by atoms with van der Waals surface area (Å²) >= 11 is 7.97. The summed E-state index contributed by atoms with van der Waals surface area (Å²) in [6.45, 7) is 4.62. The number of aliphatic hydroxyl groups is 1. The van der Waals surface area contributed by atoms with Gasteiger partial charge in [-0.1, -0.05) is 68.3 Å². The van der Waals surface area contributed by atoms with Crippen molar-refractivity contribution in [2.24, 2.45) is 0 Å². The zero-order valence-electron chi connectivity index (χ0n) is 20.1. The number of unbranched alkanes of at least 4 members (excludes halogenated alkanes) is 2. The number of ether oxygens (including phenoxy) is 1. The van der Waals surface area contributed by atoms with Gasteiger partial charge in [-0.2, -0.15) is 0 Å². The standard InChI is InChI=1S/C28H38ClNO2S/c1-3-5-17-28(18-6-4-2)32-26-16-10-22(19-27(26)33-28)25-15-14-24(30(25)20-31)13-9-21-7-11-23(29)12-8-21/h7-8,10-12,16,19,24-25,31H,3-6,9,13-15,17-18,20H2,1-2H3. The number of benzene rings is 2. The topological polar surface area (TPSA) is 32.7 Å². The van der Waals surface area contributed by atoms with Crippen molar-refractivity contribution in [1.29, 1.82) is 0 Å². The molecule has 33 heavy (non-hydrogen) atoms. The fraction of sp³-hybridized carbons (Fsp3) is 0.571. The van der Waals surface area contributed by atoms with Gasteiger partial charge in [0, 0.05) is 17.1 Å². The van der Waals surface area contributed by atoms with Crippen molar-refractivity contribution in [2.75, 3.05) is 6.73 Å². The minimum Gasteiger partial charge on any atom is -0.475 e. The molecule has 2 aliphatic heterocycles. The monoisotopic (exact) mass is 487 g/mol. The van der Waals surface area contributed by atoms with E-state index in [1.165, 1.54) is 41.7 Å². The summed E-state index contributed by atoms with van der Waals surface area (Å²) in [5.41, 5.74) is 2.62. The van der Waals surface area contributed by atoms with E-state index in [-0.39, 0.29) is 17.7 Å². The average molecular weight is 488 g/mol. The molecule has 2 aromatic rings. The lowest BCUT2D eigenvalue weighted by Crippen LogP contribution is -2.32. The molecule has 0 aromatic heterocycles. The number of hydrogen-bond acceptors (Lipinski definition) is 4. The Morgan fingerprint density at radius 3 is 2.45 bits per heavy atom. The quantitative estimate of drug-likeness (QED) is 0.348. The highest BCUT2D eigenvalue weighted by molar-refractivity contribution is 8.00. The van der Waals surface area contributed by atoms with E-state index < -0.39 is 0 Å². The molecule has 3 nitrogen and oxygen atoms in total. The van der Waals surface area contributed by atoms with Crippen LogP contribution in [-0.4, -0.2) is 27.7 Å². The van der Waals surface area contributed by atoms with Crippen LogP contribution in [0.2, 0.25) is 5.02 Å². The predicted octanol–water partition coefficient (Wildman–Crippen LogP) is 7.99. The number of fused-ring (bicyclic) bond motifs is 1. The molecule has 0 saturated carbocycles. The van der Waals surface area contributed by atoms with Crippen LogP contribution in [0, 0.1) is 0 Å². The van der Waals surface area contributed by atoms with Gasteiger partial charge in [0.15, 0.2) is 4.93 Å². The van der Waals surface area contributed by atoms with Gasteiger partial charge >= 0.3 is 0 Å². The number of aryl methyl sites for hydroxylation is 1. The molecule has 0 radical (unpaired) electrons. The van der Waals surface area contributed by atoms with E-state index in [0.29, 0.717) is 6.04 Å². The third-order valence-electron chi connectivity index (χ3n) is 7.25. The van der Waals surface area contributed by atoms with Crippen LogP contribution in [0.3, 0.4) is 0 Å². The fourth-order valence-corrected chi connectivity index (χ4v) is 6.90. The average Bonchev–Trinajstić information content (AvgIpc) is 3.41. The SMILES string of the molecule is CCCCC1(CCCC)Oc2ccc(C3CCC(CCc4ccc(Cl)cc4)N3CO)cc2S1. The smallest absolute Gasteiger partial charge is 0.159 e. The van der Waals surface area contributed by atoms with Gasteiger partial charge in [-0.15, -0.1) is 0 Å². The molecular weight excluding hydrogens is 450 g/mol. The summed E-state index contributed by atoms with van der Waals surface area (Å²) in [4.78, 5) is 3.47. The highest BCUT2D eigenvalue weighted by Crippen LogP contribution is 2.53. The minimum absolute atomic E-state index is 0.0968. The Morgan fingerprint density at radius 1 is 1.06 bits per heavy atom. The van der Waals surface area contributed by atoms with E-state index in [2.05, 4.69) is 49.1 Å². The summed E-state index contributed by atoms with van der Waals surface area (Å²) in [6, 6.07) is 15.6. The Morgan fingerprint density at radius 2 is 1.79 bits per heavy atom. The first-order valence-electron chi connectivity index (χ1n) is 12.7. The number of nitrogens with zero attached hydrogens (tertiary/aromatic N) is 1. The Hall–Kier alpha value is -1.20. The van der Waals surface area contributed by atoms with Gasteiger partial charge in [-0.3, -0.25) is 4.90 Å². The maximum absolute atomic E-state index is 10.3. The van der Waals surface area contributed by atoms with Crippen LogP contribution in [0.1, 0.15) is 88.8 Å². The Balaban J connectivity index is 1.44. The first-order chi connectivity index (χ1) is 16.1. The molecular formula is C28H38ClNO2S. The van der Waals surface area contributed by atoms with Gasteiger partial charge in [-0.25, -0.2) is 0 Å². The second-order valence-electron chi connectivity index (χ2n) is 9.60. The zero-order valence-corrected chi connectivity index (χ0v) is 21.6. The van der Waals surface area contributed by atoms with Gasteiger partial charge in [0.05, 0.1) is 11.6 Å². The van der Waals surface area contributed by atoms with E-state index in [9.17, 15) is 5.11 Å². The number of likely N-dealkylation sites (tertiary alicyclic amines) is 1. The minimum atomic E-state index is -0.0968. The number of halogens is 1. The third kappa shape index (κ3) is 5.90. The highest BCUT2D eigenvalue weighted by atomic mass is 35.5. The first kappa shape index (κ1) is 24.9. The molecule has 2 aliphatic rings. The molecule has 1 N–H and O–H groups in total. The first-order valence-corrected chi connectivity index (χ1v) is 13.9. The number of hydrogen-bond donors (Lipinski definition) is 1. The highest BCUT2D eigenvalue weighted by Gasteiger charge is 2.40. The number of thioether (sulfide) groups is 1. The van der Waals surface area contributed by atoms with Gasteiger partial charge in [0.1, 0.15) is 5.75 Å². The predicted molar refractivity (Wildman–Crippen MR) is 139 cm³/mol. The van der Waals surface area contributed by atoms with Crippen LogP contribution < -0.4 is 4.74 Å². The third-order valence-corrected chi connectivity index (χ3v) is 8.91. The zero-order chi connectivity index (χ0) is 23.3. The van der Waals surface area contributed by atoms with Crippen LogP contribution in [0.4, 0.5) is 0 Å². The van der Waals surface area contributed by atoms with Crippen LogP contribution in [-0.2, 0) is 6.42 Å². The maximum atomic E-state index is 10.3. The van der Waals surface area contributed by atoms with Crippen molar-refractivity contribution in [3.05, 3.63) is 58.6 Å². The van der Waals surface area contributed by atoms with Crippen LogP contribution in [0.15, 0.2) is 47.4 Å². The van der Waals surface area contributed by atoms with Crippen molar-refractivity contribution in [3.8, 4) is 5.75 Å². The molecule has 0 bridgehead atoms. The normalized spacial score (nSPS) is 21.8. The molecule has 4 rings (SSSR count). The summed E-state index contributed by atoms with van der Waals surface area (Å²) in [7, 11) is 0. The van der Waals surface area contributed by atoms with Gasteiger partial charge in [0.2, 0.25) is 0 Å².